The zero-order valence-electron chi connectivity index (χ0n) is 14.4. The largest absolute Gasteiger partial charge is 0.496 e. The Labute approximate surface area is 146 Å². The molecule has 1 aliphatic heterocycles. The van der Waals surface area contributed by atoms with E-state index in [2.05, 4.69) is 21.5 Å². The summed E-state index contributed by atoms with van der Waals surface area (Å²) < 4.78 is 9.87. The Morgan fingerprint density at radius 1 is 1.28 bits per heavy atom. The average molecular weight is 343 g/mol. The lowest BCUT2D eigenvalue weighted by molar-refractivity contribution is -0.121. The number of benzene rings is 1. The Hall–Kier alpha value is -2.88. The highest BCUT2D eigenvalue weighted by atomic mass is 16.5. The van der Waals surface area contributed by atoms with Gasteiger partial charge in [-0.2, -0.15) is 10.2 Å². The van der Waals surface area contributed by atoms with Crippen LogP contribution < -0.4 is 10.1 Å². The van der Waals surface area contributed by atoms with Gasteiger partial charge in [0.15, 0.2) is 5.66 Å². The predicted octanol–water partition coefficient (Wildman–Crippen LogP) is 2.45. The molecule has 1 aromatic rings. The van der Waals surface area contributed by atoms with Crippen molar-refractivity contribution in [3.05, 3.63) is 29.3 Å². The molecule has 0 fully saturated rings. The van der Waals surface area contributed by atoms with Crippen molar-refractivity contribution in [3.8, 4) is 18.1 Å². The van der Waals surface area contributed by atoms with E-state index in [1.54, 1.807) is 18.2 Å². The molecule has 0 bridgehead atoms. The summed E-state index contributed by atoms with van der Waals surface area (Å²) in [6.07, 6.45) is 7.38. The molecule has 0 unspecified atom stereocenters. The maximum atomic E-state index is 12.0. The van der Waals surface area contributed by atoms with E-state index >= 15 is 0 Å². The number of esters is 1. The summed E-state index contributed by atoms with van der Waals surface area (Å²) in [6, 6.07) is 5.10. The van der Waals surface area contributed by atoms with Crippen LogP contribution in [-0.4, -0.2) is 31.8 Å². The third-order valence-electron chi connectivity index (χ3n) is 3.96. The molecule has 1 aliphatic rings. The van der Waals surface area contributed by atoms with Crippen molar-refractivity contribution in [2.75, 3.05) is 14.2 Å². The minimum Gasteiger partial charge on any atom is -0.496 e. The smallest absolute Gasteiger partial charge is 0.341 e. The number of hydrogen-bond donors (Lipinski definition) is 1. The minimum absolute atomic E-state index is 0.104. The third-order valence-corrected chi connectivity index (χ3v) is 3.96. The van der Waals surface area contributed by atoms with Crippen molar-refractivity contribution in [2.45, 2.75) is 37.9 Å². The molecule has 7 heteroatoms. The van der Waals surface area contributed by atoms with Crippen LogP contribution in [0.25, 0.3) is 0 Å². The molecule has 1 N–H and O–H groups in total. The molecule has 1 aromatic carbocycles. The fourth-order valence-electron chi connectivity index (χ4n) is 2.41. The van der Waals surface area contributed by atoms with Crippen LogP contribution >= 0.6 is 0 Å². The molecule has 1 heterocycles. The number of hydrogen-bond acceptors (Lipinski definition) is 6. The normalized spacial score (nSPS) is 13.6. The van der Waals surface area contributed by atoms with Gasteiger partial charge in [-0.3, -0.25) is 4.79 Å². The number of methoxy groups -OCH3 is 2. The van der Waals surface area contributed by atoms with Crippen LogP contribution in [0.3, 0.4) is 0 Å². The van der Waals surface area contributed by atoms with E-state index in [1.807, 2.05) is 0 Å². The molecule has 0 saturated carbocycles. The van der Waals surface area contributed by atoms with Crippen molar-refractivity contribution >= 4 is 11.9 Å². The lowest BCUT2D eigenvalue weighted by Crippen LogP contribution is -2.25. The quantitative estimate of drug-likeness (QED) is 0.551. The second-order valence-corrected chi connectivity index (χ2v) is 5.69. The second kappa shape index (κ2) is 8.29. The van der Waals surface area contributed by atoms with Gasteiger partial charge in [-0.15, -0.1) is 12.3 Å². The first kappa shape index (κ1) is 18.5. The number of nitrogens with one attached hydrogen (secondary N) is 1. The first-order valence-electron chi connectivity index (χ1n) is 7.93. The van der Waals surface area contributed by atoms with Gasteiger partial charge in [-0.1, -0.05) is 6.07 Å². The molecule has 2 rings (SSSR count). The molecule has 0 radical (unpaired) electrons. The molecule has 25 heavy (non-hydrogen) atoms. The number of ether oxygens (including phenoxy) is 2. The van der Waals surface area contributed by atoms with Crippen LogP contribution in [-0.2, 0) is 16.1 Å². The van der Waals surface area contributed by atoms with Crippen LogP contribution in [0.1, 0.15) is 41.6 Å². The van der Waals surface area contributed by atoms with Crippen molar-refractivity contribution in [1.82, 2.24) is 5.32 Å². The first-order valence-corrected chi connectivity index (χ1v) is 7.93. The number of carbonyl (C=O) groups is 2. The van der Waals surface area contributed by atoms with Crippen LogP contribution in [0, 0.1) is 12.3 Å². The fourth-order valence-corrected chi connectivity index (χ4v) is 2.41. The van der Waals surface area contributed by atoms with Crippen LogP contribution in [0.2, 0.25) is 0 Å². The Morgan fingerprint density at radius 3 is 2.64 bits per heavy atom. The maximum absolute atomic E-state index is 12.0. The Balaban J connectivity index is 1.85. The highest BCUT2D eigenvalue weighted by Gasteiger charge is 2.39. The summed E-state index contributed by atoms with van der Waals surface area (Å²) >= 11 is 0. The Kier molecular flexibility index (Phi) is 6.12. The van der Waals surface area contributed by atoms with Crippen molar-refractivity contribution in [1.29, 1.82) is 0 Å². The molecule has 0 spiro atoms. The second-order valence-electron chi connectivity index (χ2n) is 5.69. The van der Waals surface area contributed by atoms with Gasteiger partial charge in [0.1, 0.15) is 11.3 Å². The number of amides is 1. The van der Waals surface area contributed by atoms with E-state index in [0.717, 1.165) is 5.56 Å². The highest BCUT2D eigenvalue weighted by molar-refractivity contribution is 5.92. The summed E-state index contributed by atoms with van der Waals surface area (Å²) in [7, 11) is 2.79. The zero-order chi connectivity index (χ0) is 18.3. The third kappa shape index (κ3) is 5.05. The first-order chi connectivity index (χ1) is 12.0. The van der Waals surface area contributed by atoms with Crippen LogP contribution in [0.4, 0.5) is 0 Å². The van der Waals surface area contributed by atoms with Gasteiger partial charge < -0.3 is 14.8 Å². The minimum atomic E-state index is -0.488. The Bertz CT molecular complexity index is 716. The lowest BCUT2D eigenvalue weighted by atomic mass is 10.0. The van der Waals surface area contributed by atoms with Gasteiger partial charge in [-0.05, 0) is 17.7 Å². The lowest BCUT2D eigenvalue weighted by Gasteiger charge is -2.11. The SMILES string of the molecule is C#CCCC1(CCC(=O)NCc2ccc(OC)c(C(=O)OC)c2)N=N1. The van der Waals surface area contributed by atoms with E-state index in [1.165, 1.54) is 14.2 Å². The topological polar surface area (TPSA) is 89.3 Å². The van der Waals surface area contributed by atoms with Crippen LogP contribution in [0.15, 0.2) is 28.4 Å². The van der Waals surface area contributed by atoms with E-state index in [9.17, 15) is 9.59 Å². The fraction of sp³-hybridized carbons (Fsp3) is 0.444. The van der Waals surface area contributed by atoms with Gasteiger partial charge in [0, 0.05) is 32.2 Å². The van der Waals surface area contributed by atoms with Gasteiger partial charge in [0.25, 0.3) is 0 Å². The van der Waals surface area contributed by atoms with Crippen molar-refractivity contribution < 1.29 is 19.1 Å². The molecule has 132 valence electrons. The molecular formula is C18H21N3O4. The summed E-state index contributed by atoms with van der Waals surface area (Å²) in [5, 5.41) is 10.8. The summed E-state index contributed by atoms with van der Waals surface area (Å²) in [5.41, 5.74) is 0.639. The highest BCUT2D eigenvalue weighted by Crippen LogP contribution is 2.37. The summed E-state index contributed by atoms with van der Waals surface area (Å²) in [6.45, 7) is 0.304. The Morgan fingerprint density at radius 2 is 2.04 bits per heavy atom. The van der Waals surface area contributed by atoms with E-state index < -0.39 is 11.6 Å². The number of nitrogens with zero attached hydrogens (tertiary/aromatic N) is 2. The summed E-state index contributed by atoms with van der Waals surface area (Å²) in [5.74, 6) is 2.39. The van der Waals surface area contributed by atoms with Gasteiger partial charge in [0.2, 0.25) is 5.91 Å². The van der Waals surface area contributed by atoms with E-state index in [4.69, 9.17) is 15.9 Å². The number of carbonyl (C=O) groups excluding carboxylic acids is 2. The molecule has 0 aliphatic carbocycles. The summed E-state index contributed by atoms with van der Waals surface area (Å²) in [4.78, 5) is 23.8. The standard InChI is InChI=1S/C18H21N3O4/c1-4-5-9-18(20-21-18)10-8-16(22)19-12-13-6-7-15(24-2)14(11-13)17(23)25-3/h1,6-7,11H,5,8-10,12H2,2-3H3,(H,19,22). The van der Waals surface area contributed by atoms with E-state index in [0.29, 0.717) is 43.5 Å². The number of terminal acetylenes is 1. The van der Waals surface area contributed by atoms with E-state index in [-0.39, 0.29) is 5.91 Å². The maximum Gasteiger partial charge on any atom is 0.341 e. The van der Waals surface area contributed by atoms with Crippen molar-refractivity contribution in [2.24, 2.45) is 10.2 Å². The van der Waals surface area contributed by atoms with Crippen LogP contribution in [0.5, 0.6) is 5.75 Å². The molecule has 1 amide bonds. The molecule has 0 aromatic heterocycles. The average Bonchev–Trinajstić information content (AvgIpc) is 3.42. The van der Waals surface area contributed by atoms with Crippen molar-refractivity contribution in [3.63, 3.8) is 0 Å². The zero-order valence-corrected chi connectivity index (χ0v) is 14.4. The monoisotopic (exact) mass is 343 g/mol. The molecule has 0 atom stereocenters. The number of rotatable bonds is 9. The molecular weight excluding hydrogens is 322 g/mol. The van der Waals surface area contributed by atoms with Gasteiger partial charge in [0.05, 0.1) is 14.2 Å². The van der Waals surface area contributed by atoms with Gasteiger partial charge in [-0.25, -0.2) is 4.79 Å². The molecule has 7 nitrogen and oxygen atoms in total. The molecule has 0 saturated heterocycles. The van der Waals surface area contributed by atoms with Gasteiger partial charge >= 0.3 is 5.97 Å². The predicted molar refractivity (Wildman–Crippen MR) is 91.1 cm³/mol.